The first kappa shape index (κ1) is 13.0. The molecule has 3 aromatic rings. The third-order valence-electron chi connectivity index (χ3n) is 3.14. The Kier molecular flexibility index (Phi) is 3.23. The number of carboxylic acids is 1. The van der Waals surface area contributed by atoms with E-state index in [9.17, 15) is 4.79 Å². The fourth-order valence-electron chi connectivity index (χ4n) is 2.19. The van der Waals surface area contributed by atoms with E-state index >= 15 is 0 Å². The van der Waals surface area contributed by atoms with E-state index < -0.39 is 5.97 Å². The smallest absolute Gasteiger partial charge is 0.305 e. The molecule has 0 aliphatic carbocycles. The van der Waals surface area contributed by atoms with Crippen molar-refractivity contribution in [2.24, 2.45) is 0 Å². The number of fused-ring (bicyclic) bond motifs is 1. The Labute approximate surface area is 120 Å². The van der Waals surface area contributed by atoms with Crippen molar-refractivity contribution in [3.8, 4) is 11.3 Å². The first-order valence-corrected chi connectivity index (χ1v) is 6.41. The monoisotopic (exact) mass is 283 g/mol. The molecule has 0 bridgehead atoms. The SMILES string of the molecule is Nc1ncnc2c1c(-c1ccccc1)nn2CCC(=O)O. The molecule has 0 aliphatic rings. The lowest BCUT2D eigenvalue weighted by Crippen LogP contribution is -2.06. The third-order valence-corrected chi connectivity index (χ3v) is 3.14. The number of aryl methyl sites for hydroxylation is 1. The Morgan fingerprint density at radius 1 is 1.24 bits per heavy atom. The maximum atomic E-state index is 10.8. The van der Waals surface area contributed by atoms with E-state index in [1.54, 1.807) is 4.68 Å². The van der Waals surface area contributed by atoms with Gasteiger partial charge in [-0.05, 0) is 0 Å². The number of nitrogens with zero attached hydrogens (tertiary/aromatic N) is 4. The van der Waals surface area contributed by atoms with Crippen LogP contribution in [0.1, 0.15) is 6.42 Å². The molecule has 2 heterocycles. The van der Waals surface area contributed by atoms with Gasteiger partial charge in [0.25, 0.3) is 0 Å². The van der Waals surface area contributed by atoms with Crippen LogP contribution in [0.5, 0.6) is 0 Å². The molecule has 21 heavy (non-hydrogen) atoms. The number of anilines is 1. The molecule has 1 aromatic carbocycles. The molecule has 0 amide bonds. The quantitative estimate of drug-likeness (QED) is 0.752. The predicted molar refractivity (Wildman–Crippen MR) is 77.4 cm³/mol. The van der Waals surface area contributed by atoms with Gasteiger partial charge in [-0.2, -0.15) is 5.10 Å². The molecule has 7 heteroatoms. The maximum Gasteiger partial charge on any atom is 0.305 e. The third kappa shape index (κ3) is 2.40. The number of benzene rings is 1. The van der Waals surface area contributed by atoms with Crippen molar-refractivity contribution in [1.82, 2.24) is 19.7 Å². The topological polar surface area (TPSA) is 107 Å². The van der Waals surface area contributed by atoms with Gasteiger partial charge in [-0.25, -0.2) is 14.6 Å². The fraction of sp³-hybridized carbons (Fsp3) is 0.143. The molecule has 0 radical (unpaired) electrons. The van der Waals surface area contributed by atoms with E-state index in [1.165, 1.54) is 6.33 Å². The van der Waals surface area contributed by atoms with Gasteiger partial charge in [-0.3, -0.25) is 4.79 Å². The van der Waals surface area contributed by atoms with Crippen LogP contribution in [0.15, 0.2) is 36.7 Å². The summed E-state index contributed by atoms with van der Waals surface area (Å²) in [5.41, 5.74) is 8.04. The summed E-state index contributed by atoms with van der Waals surface area (Å²) in [6.45, 7) is 0.231. The van der Waals surface area contributed by atoms with Crippen LogP contribution < -0.4 is 5.73 Å². The average Bonchev–Trinajstić information content (AvgIpc) is 2.86. The van der Waals surface area contributed by atoms with Crippen LogP contribution in [0.4, 0.5) is 5.82 Å². The van der Waals surface area contributed by atoms with E-state index in [0.29, 0.717) is 22.5 Å². The molecule has 7 nitrogen and oxygen atoms in total. The van der Waals surface area contributed by atoms with Crippen molar-refractivity contribution >= 4 is 22.8 Å². The summed E-state index contributed by atoms with van der Waals surface area (Å²) in [5, 5.41) is 13.9. The van der Waals surface area contributed by atoms with Crippen molar-refractivity contribution in [2.75, 3.05) is 5.73 Å². The van der Waals surface area contributed by atoms with Crippen LogP contribution in [0.25, 0.3) is 22.3 Å². The van der Waals surface area contributed by atoms with Crippen LogP contribution >= 0.6 is 0 Å². The molecule has 0 spiro atoms. The fourth-order valence-corrected chi connectivity index (χ4v) is 2.19. The summed E-state index contributed by atoms with van der Waals surface area (Å²) < 4.78 is 1.56. The Morgan fingerprint density at radius 2 is 2.00 bits per heavy atom. The summed E-state index contributed by atoms with van der Waals surface area (Å²) in [7, 11) is 0. The van der Waals surface area contributed by atoms with Gasteiger partial charge >= 0.3 is 5.97 Å². The number of aliphatic carboxylic acids is 1. The Hall–Kier alpha value is -2.96. The lowest BCUT2D eigenvalue weighted by molar-refractivity contribution is -0.137. The molecule has 3 rings (SSSR count). The van der Waals surface area contributed by atoms with Gasteiger partial charge in [0, 0.05) is 5.56 Å². The van der Waals surface area contributed by atoms with Crippen molar-refractivity contribution in [1.29, 1.82) is 0 Å². The Balaban J connectivity index is 2.18. The van der Waals surface area contributed by atoms with Crippen LogP contribution in [0.3, 0.4) is 0 Å². The van der Waals surface area contributed by atoms with Gasteiger partial charge in [0.2, 0.25) is 0 Å². The summed E-state index contributed by atoms with van der Waals surface area (Å²) in [5.74, 6) is -0.553. The van der Waals surface area contributed by atoms with Crippen molar-refractivity contribution in [2.45, 2.75) is 13.0 Å². The number of nitrogen functional groups attached to an aromatic ring is 1. The molecule has 0 unspecified atom stereocenters. The summed E-state index contributed by atoms with van der Waals surface area (Å²) in [6, 6.07) is 9.54. The van der Waals surface area contributed by atoms with E-state index in [4.69, 9.17) is 10.8 Å². The molecule has 0 fully saturated rings. The van der Waals surface area contributed by atoms with Crippen LogP contribution in [-0.4, -0.2) is 30.8 Å². The lowest BCUT2D eigenvalue weighted by atomic mass is 10.1. The van der Waals surface area contributed by atoms with E-state index in [0.717, 1.165) is 5.56 Å². The summed E-state index contributed by atoms with van der Waals surface area (Å²) in [6.07, 6.45) is 1.32. The highest BCUT2D eigenvalue weighted by atomic mass is 16.4. The second-order valence-corrected chi connectivity index (χ2v) is 4.54. The second-order valence-electron chi connectivity index (χ2n) is 4.54. The van der Waals surface area contributed by atoms with E-state index in [-0.39, 0.29) is 13.0 Å². The zero-order valence-corrected chi connectivity index (χ0v) is 11.1. The molecule has 0 saturated carbocycles. The van der Waals surface area contributed by atoms with Crippen LogP contribution in [0.2, 0.25) is 0 Å². The number of aromatic nitrogens is 4. The van der Waals surface area contributed by atoms with Gasteiger partial charge in [0.15, 0.2) is 5.65 Å². The van der Waals surface area contributed by atoms with E-state index in [1.807, 2.05) is 30.3 Å². The minimum Gasteiger partial charge on any atom is -0.481 e. The van der Waals surface area contributed by atoms with Crippen molar-refractivity contribution in [3.05, 3.63) is 36.7 Å². The number of rotatable bonds is 4. The molecule has 0 aliphatic heterocycles. The predicted octanol–water partition coefficient (Wildman–Crippen LogP) is 1.55. The first-order chi connectivity index (χ1) is 10.2. The van der Waals surface area contributed by atoms with Gasteiger partial charge in [0.05, 0.1) is 18.4 Å². The minimum absolute atomic E-state index is 0.0328. The molecular weight excluding hydrogens is 270 g/mol. The molecular formula is C14H13N5O2. The molecule has 106 valence electrons. The number of carbonyl (C=O) groups is 1. The summed E-state index contributed by atoms with van der Waals surface area (Å²) in [4.78, 5) is 18.9. The van der Waals surface area contributed by atoms with Crippen molar-refractivity contribution < 1.29 is 9.90 Å². The molecule has 2 aromatic heterocycles. The number of hydrogen-bond acceptors (Lipinski definition) is 5. The van der Waals surface area contributed by atoms with E-state index in [2.05, 4.69) is 15.1 Å². The standard InChI is InChI=1S/C14H13N5O2/c15-13-11-12(9-4-2-1-3-5-9)18-19(7-6-10(20)21)14(11)17-8-16-13/h1-5,8H,6-7H2,(H,20,21)(H2,15,16,17). The number of hydrogen-bond donors (Lipinski definition) is 2. The van der Waals surface area contributed by atoms with Gasteiger partial charge in [-0.15, -0.1) is 0 Å². The number of nitrogens with two attached hydrogens (primary N) is 1. The minimum atomic E-state index is -0.887. The lowest BCUT2D eigenvalue weighted by Gasteiger charge is -1.99. The van der Waals surface area contributed by atoms with Crippen LogP contribution in [-0.2, 0) is 11.3 Å². The number of carboxylic acid groups (broad SMARTS) is 1. The average molecular weight is 283 g/mol. The first-order valence-electron chi connectivity index (χ1n) is 6.41. The zero-order valence-electron chi connectivity index (χ0n) is 11.1. The molecule has 0 saturated heterocycles. The van der Waals surface area contributed by atoms with Gasteiger partial charge in [0.1, 0.15) is 17.8 Å². The van der Waals surface area contributed by atoms with Gasteiger partial charge < -0.3 is 10.8 Å². The van der Waals surface area contributed by atoms with Gasteiger partial charge in [-0.1, -0.05) is 30.3 Å². The Morgan fingerprint density at radius 3 is 2.71 bits per heavy atom. The zero-order chi connectivity index (χ0) is 14.8. The highest BCUT2D eigenvalue weighted by molar-refractivity contribution is 5.98. The van der Waals surface area contributed by atoms with Crippen molar-refractivity contribution in [3.63, 3.8) is 0 Å². The second kappa shape index (κ2) is 5.20. The Bertz CT molecular complexity index is 798. The highest BCUT2D eigenvalue weighted by Crippen LogP contribution is 2.29. The molecule has 0 atom stereocenters. The maximum absolute atomic E-state index is 10.8. The van der Waals surface area contributed by atoms with Crippen LogP contribution in [0, 0.1) is 0 Å². The largest absolute Gasteiger partial charge is 0.481 e. The highest BCUT2D eigenvalue weighted by Gasteiger charge is 2.17. The normalized spacial score (nSPS) is 10.9. The molecule has 3 N–H and O–H groups in total. The summed E-state index contributed by atoms with van der Waals surface area (Å²) >= 11 is 0.